The molecule has 7 aromatic carbocycles. The normalized spacial score (nSPS) is 14.4. The molecule has 10 aromatic rings. The summed E-state index contributed by atoms with van der Waals surface area (Å²) in [5.74, 6) is 0.297. The Morgan fingerprint density at radius 1 is 0.592 bits per heavy atom. The molecule has 5 nitrogen and oxygen atoms in total. The fraction of sp³-hybridized carbons (Fsp3) is 0.262. The summed E-state index contributed by atoms with van der Waals surface area (Å²) in [6.07, 6.45) is -1.50. The van der Waals surface area contributed by atoms with E-state index in [1.165, 1.54) is 0 Å². The second-order valence-corrected chi connectivity index (χ2v) is 20.0. The molecule has 0 fully saturated rings. The van der Waals surface area contributed by atoms with Crippen molar-refractivity contribution in [3.8, 4) is 50.9 Å². The summed E-state index contributed by atoms with van der Waals surface area (Å²) in [6.45, 7) is 16.8. The van der Waals surface area contributed by atoms with E-state index in [-0.39, 0.29) is 27.0 Å². The summed E-state index contributed by atoms with van der Waals surface area (Å²) < 4.78 is 86.1. The van der Waals surface area contributed by atoms with E-state index in [0.717, 1.165) is 44.0 Å². The van der Waals surface area contributed by atoms with E-state index in [1.54, 1.807) is 18.3 Å². The summed E-state index contributed by atoms with van der Waals surface area (Å²) in [5, 5.41) is 1.93. The van der Waals surface area contributed by atoms with Crippen LogP contribution < -0.4 is 9.30 Å². The predicted octanol–water partition coefficient (Wildman–Crippen LogP) is 16.1. The van der Waals surface area contributed by atoms with Gasteiger partial charge in [0.05, 0.1) is 16.7 Å². The van der Waals surface area contributed by atoms with Crippen LogP contribution in [-0.2, 0) is 46.6 Å². The SMILES string of the molecule is [2H]C([2H])(c1cccc(-c2cccc(-c3cc(C([2H])([2H])C(C)C)cc(C([2H])([2H])C(C)C)c3)c2-[n+]2[c-]n(-c3[c-]c(Oc4[c-]c5c(cc4)c4ccccc4n5-c4cc(C([2H])([2H])C(C)(C)C)ccn4)ccc3)c3ccccc32)c1)C(C)C.[Pt]. The molecule has 0 aliphatic heterocycles. The van der Waals surface area contributed by atoms with Gasteiger partial charge in [-0.3, -0.25) is 4.57 Å². The number of ether oxygens (including phenoxy) is 1. The Balaban J connectivity index is 0.00000757. The van der Waals surface area contributed by atoms with Crippen LogP contribution in [0.1, 0.15) is 95.5 Å². The van der Waals surface area contributed by atoms with Gasteiger partial charge >= 0.3 is 0 Å². The summed E-state index contributed by atoms with van der Waals surface area (Å²) in [5.41, 5.74) is 8.53. The van der Waals surface area contributed by atoms with Crippen molar-refractivity contribution in [2.75, 3.05) is 0 Å². The Kier molecular flexibility index (Phi) is 11.7. The third kappa shape index (κ3) is 10.7. The number of rotatable bonds is 14. The van der Waals surface area contributed by atoms with Crippen LogP contribution in [0.2, 0.25) is 0 Å². The first-order chi connectivity index (χ1) is 36.8. The number of para-hydroxylation sites is 4. The van der Waals surface area contributed by atoms with Gasteiger partial charge in [0.25, 0.3) is 6.33 Å². The Labute approximate surface area is 446 Å². The monoisotopic (exact) mass is 1120 g/mol. The fourth-order valence-corrected chi connectivity index (χ4v) is 9.35. The standard InChI is InChI=1S/C65H64N4O.Pt/c1-43(2)31-46-17-14-18-50(35-46)55-22-16-23-56(51-36-48(32-44(3)4)34-49(37-51)33-45(5)6)64(55)68-42-67(60-25-12-13-26-61(60)68)52-19-15-20-53(39-52)70-54-27-28-58-57-21-10-11-24-59(57)69(62(58)40-54)63-38-47(29-30-66-63)41-65(7,8)9;/h10-30,34-38,43-45H,31-33,41H2,1-9H3;/q-2;/i31D2,32D2,33D2,41D2;. The van der Waals surface area contributed by atoms with Crippen LogP contribution in [0.4, 0.5) is 0 Å². The summed E-state index contributed by atoms with van der Waals surface area (Å²) in [7, 11) is 0. The number of hydrogen-bond acceptors (Lipinski definition) is 2. The van der Waals surface area contributed by atoms with Crippen molar-refractivity contribution >= 4 is 32.8 Å². The molecule has 3 aromatic heterocycles. The third-order valence-electron chi connectivity index (χ3n) is 11.9. The minimum absolute atomic E-state index is 0. The van der Waals surface area contributed by atoms with Gasteiger partial charge in [-0.1, -0.05) is 171 Å². The van der Waals surface area contributed by atoms with E-state index in [1.807, 2.05) is 209 Å². The quantitative estimate of drug-likeness (QED) is 0.0804. The largest absolute Gasteiger partial charge is 0.510 e. The van der Waals surface area contributed by atoms with E-state index in [0.29, 0.717) is 62.1 Å². The van der Waals surface area contributed by atoms with E-state index in [9.17, 15) is 5.48 Å². The fourth-order valence-electron chi connectivity index (χ4n) is 9.35. The Morgan fingerprint density at radius 3 is 1.96 bits per heavy atom. The number of hydrogen-bond donors (Lipinski definition) is 0. The maximum atomic E-state index is 9.30. The molecule has 0 aliphatic carbocycles. The van der Waals surface area contributed by atoms with Crippen LogP contribution in [0.3, 0.4) is 0 Å². The van der Waals surface area contributed by atoms with Crippen LogP contribution in [-0.4, -0.2) is 14.1 Å². The van der Waals surface area contributed by atoms with Crippen molar-refractivity contribution in [3.05, 3.63) is 199 Å². The van der Waals surface area contributed by atoms with E-state index < -0.39 is 42.7 Å². The maximum absolute atomic E-state index is 9.30. The summed E-state index contributed by atoms with van der Waals surface area (Å²) >= 11 is 0. The van der Waals surface area contributed by atoms with Crippen LogP contribution in [0.25, 0.3) is 72.3 Å². The number of aromatic nitrogens is 4. The summed E-state index contributed by atoms with van der Waals surface area (Å²) in [4.78, 5) is 4.77. The zero-order valence-corrected chi connectivity index (χ0v) is 44.0. The van der Waals surface area contributed by atoms with Gasteiger partial charge < -0.3 is 13.9 Å². The number of benzene rings is 7. The average Bonchev–Trinajstić information content (AvgIpc) is 4.01. The molecule has 0 spiro atoms. The molecule has 3 heterocycles. The van der Waals surface area contributed by atoms with Crippen LogP contribution >= 0.6 is 0 Å². The van der Waals surface area contributed by atoms with Gasteiger partial charge in [-0.15, -0.1) is 29.7 Å². The first kappa shape index (κ1) is 40.1. The molecule has 0 amide bonds. The van der Waals surface area contributed by atoms with Gasteiger partial charge in [-0.25, -0.2) is 4.98 Å². The molecule has 0 unspecified atom stereocenters. The van der Waals surface area contributed by atoms with Crippen molar-refractivity contribution in [3.63, 3.8) is 0 Å². The molecule has 0 saturated carbocycles. The second-order valence-electron chi connectivity index (χ2n) is 20.0. The Morgan fingerprint density at radius 2 is 1.23 bits per heavy atom. The van der Waals surface area contributed by atoms with Crippen molar-refractivity contribution < 1.29 is 41.3 Å². The third-order valence-corrected chi connectivity index (χ3v) is 11.9. The van der Waals surface area contributed by atoms with Crippen LogP contribution in [0.15, 0.2) is 158 Å². The molecule has 0 atom stereocenters. The molecule has 6 heteroatoms. The minimum Gasteiger partial charge on any atom is -0.510 e. The molecule has 362 valence electrons. The van der Waals surface area contributed by atoms with Gasteiger partial charge in [0, 0.05) is 55.2 Å². The molecule has 0 aliphatic rings. The first-order valence-corrected chi connectivity index (χ1v) is 24.3. The minimum atomic E-state index is -1.79. The number of nitrogens with zero attached hydrogens (tertiary/aromatic N) is 4. The van der Waals surface area contributed by atoms with E-state index in [4.69, 9.17) is 15.2 Å². The number of imidazole rings is 1. The molecule has 71 heavy (non-hydrogen) atoms. The summed E-state index contributed by atoms with van der Waals surface area (Å²) in [6, 6.07) is 55.0. The van der Waals surface area contributed by atoms with Gasteiger partial charge in [-0.2, -0.15) is 18.2 Å². The number of pyridine rings is 1. The van der Waals surface area contributed by atoms with Gasteiger partial charge in [0.15, 0.2) is 0 Å². The predicted molar refractivity (Wildman–Crippen MR) is 290 cm³/mol. The molecular formula is C65H64N4OPt-2. The van der Waals surface area contributed by atoms with E-state index >= 15 is 0 Å². The zero-order chi connectivity index (χ0) is 55.9. The topological polar surface area (TPSA) is 35.9 Å². The average molecular weight is 1120 g/mol. The van der Waals surface area contributed by atoms with Gasteiger partial charge in [0.2, 0.25) is 0 Å². The first-order valence-electron chi connectivity index (χ1n) is 28.3. The second kappa shape index (κ2) is 20.7. The zero-order valence-electron chi connectivity index (χ0n) is 49.8. The maximum Gasteiger partial charge on any atom is 0.268 e. The smallest absolute Gasteiger partial charge is 0.268 e. The van der Waals surface area contributed by atoms with Crippen molar-refractivity contribution in [2.45, 2.75) is 87.8 Å². The molecule has 10 rings (SSSR count). The van der Waals surface area contributed by atoms with Crippen LogP contribution in [0.5, 0.6) is 11.5 Å². The number of fused-ring (bicyclic) bond motifs is 4. The van der Waals surface area contributed by atoms with Crippen LogP contribution in [0, 0.1) is 41.6 Å². The van der Waals surface area contributed by atoms with Gasteiger partial charge in [-0.05, 0) is 122 Å². The van der Waals surface area contributed by atoms with Gasteiger partial charge in [0.1, 0.15) is 5.82 Å². The van der Waals surface area contributed by atoms with Crippen molar-refractivity contribution in [2.24, 2.45) is 23.2 Å². The molecule has 0 radical (unpaired) electrons. The molecular weight excluding hydrogens is 1050 g/mol. The van der Waals surface area contributed by atoms with Crippen molar-refractivity contribution in [1.82, 2.24) is 14.1 Å². The molecule has 0 saturated heterocycles. The molecule has 0 N–H and O–H groups in total. The van der Waals surface area contributed by atoms with Crippen molar-refractivity contribution in [1.29, 1.82) is 0 Å². The Bertz CT molecular complexity index is 3870. The molecule has 0 bridgehead atoms. The van der Waals surface area contributed by atoms with E-state index in [2.05, 4.69) is 24.5 Å². The Hall–Kier alpha value is -6.55.